The molecule has 0 radical (unpaired) electrons. The molecule has 5 nitrogen and oxygen atoms in total. The summed E-state index contributed by atoms with van der Waals surface area (Å²) in [4.78, 5) is 37.2. The molecule has 158 valence electrons. The van der Waals surface area contributed by atoms with E-state index < -0.39 is 47.6 Å². The summed E-state index contributed by atoms with van der Waals surface area (Å²) in [5.41, 5.74) is 2.05. The van der Waals surface area contributed by atoms with Crippen molar-refractivity contribution in [1.82, 2.24) is 5.32 Å². The van der Waals surface area contributed by atoms with Crippen LogP contribution in [0.1, 0.15) is 52.1 Å². The summed E-state index contributed by atoms with van der Waals surface area (Å²) >= 11 is 0. The molecule has 1 amide bonds. The third-order valence-electron chi connectivity index (χ3n) is 5.16. The van der Waals surface area contributed by atoms with Crippen LogP contribution in [0.15, 0.2) is 36.4 Å². The Kier molecular flexibility index (Phi) is 6.59. The van der Waals surface area contributed by atoms with E-state index in [2.05, 4.69) is 5.32 Å². The molecule has 0 saturated carbocycles. The number of hydrogen-bond donors (Lipinski definition) is 1. The van der Waals surface area contributed by atoms with Crippen LogP contribution >= 0.6 is 0 Å². The molecule has 0 aromatic heterocycles. The first-order chi connectivity index (χ1) is 14.3. The van der Waals surface area contributed by atoms with Gasteiger partial charge in [0.2, 0.25) is 0 Å². The van der Waals surface area contributed by atoms with Gasteiger partial charge in [-0.3, -0.25) is 9.59 Å². The number of fused-ring (bicyclic) bond motifs is 1. The highest BCUT2D eigenvalue weighted by Gasteiger charge is 2.29. The van der Waals surface area contributed by atoms with Crippen LogP contribution in [0.25, 0.3) is 0 Å². The zero-order valence-electron chi connectivity index (χ0n) is 16.8. The van der Waals surface area contributed by atoms with E-state index in [0.717, 1.165) is 43.0 Å². The minimum atomic E-state index is -1.16. The number of halogens is 2. The highest BCUT2D eigenvalue weighted by molar-refractivity contribution is 5.99. The number of Topliss-reactive ketones (excluding diaryl/α,β-unsaturated/α-hetero) is 1. The molecule has 1 aliphatic carbocycles. The summed E-state index contributed by atoms with van der Waals surface area (Å²) in [5, 5.41) is 2.31. The molecule has 0 aliphatic heterocycles. The number of rotatable bonds is 7. The van der Waals surface area contributed by atoms with Crippen molar-refractivity contribution in [2.45, 2.75) is 39.2 Å². The van der Waals surface area contributed by atoms with E-state index in [1.807, 2.05) is 12.1 Å². The van der Waals surface area contributed by atoms with Crippen LogP contribution < -0.4 is 5.32 Å². The van der Waals surface area contributed by atoms with Gasteiger partial charge in [0.25, 0.3) is 5.91 Å². The highest BCUT2D eigenvalue weighted by atomic mass is 19.1. The lowest BCUT2D eigenvalue weighted by molar-refractivity contribution is -0.145. The first-order valence-corrected chi connectivity index (χ1v) is 9.84. The van der Waals surface area contributed by atoms with Crippen molar-refractivity contribution in [3.8, 4) is 0 Å². The lowest BCUT2D eigenvalue weighted by Gasteiger charge is -2.21. The molecule has 0 heterocycles. The van der Waals surface area contributed by atoms with Gasteiger partial charge in [-0.05, 0) is 54.5 Å². The third kappa shape index (κ3) is 4.72. The van der Waals surface area contributed by atoms with E-state index in [9.17, 15) is 23.2 Å². The number of esters is 1. The van der Waals surface area contributed by atoms with Gasteiger partial charge in [-0.2, -0.15) is 0 Å². The Morgan fingerprint density at radius 3 is 2.37 bits per heavy atom. The number of nitrogens with one attached hydrogen (secondary N) is 1. The van der Waals surface area contributed by atoms with E-state index in [0.29, 0.717) is 5.56 Å². The molecular formula is C23H23F2NO4. The molecule has 0 fully saturated rings. The topological polar surface area (TPSA) is 72.5 Å². The molecule has 7 heteroatoms. The van der Waals surface area contributed by atoms with Crippen molar-refractivity contribution < 1.29 is 27.9 Å². The lowest BCUT2D eigenvalue weighted by Crippen LogP contribution is -2.46. The van der Waals surface area contributed by atoms with E-state index in [1.54, 1.807) is 19.9 Å². The van der Waals surface area contributed by atoms with E-state index in [4.69, 9.17) is 4.74 Å². The Morgan fingerprint density at radius 1 is 1.03 bits per heavy atom. The molecule has 30 heavy (non-hydrogen) atoms. The van der Waals surface area contributed by atoms with Crippen LogP contribution in [0.3, 0.4) is 0 Å². The number of aryl methyl sites for hydroxylation is 2. The minimum Gasteiger partial charge on any atom is -0.456 e. The maximum Gasteiger partial charge on any atom is 0.329 e. The Bertz CT molecular complexity index is 967. The first-order valence-electron chi connectivity index (χ1n) is 9.84. The summed E-state index contributed by atoms with van der Waals surface area (Å²) < 4.78 is 32.8. The van der Waals surface area contributed by atoms with Crippen LogP contribution in [-0.2, 0) is 22.4 Å². The average molecular weight is 415 g/mol. The number of ether oxygens (including phenoxy) is 1. The Labute approximate surface area is 173 Å². The summed E-state index contributed by atoms with van der Waals surface area (Å²) in [6, 6.07) is 7.33. The van der Waals surface area contributed by atoms with Crippen LogP contribution in [-0.4, -0.2) is 30.3 Å². The summed E-state index contributed by atoms with van der Waals surface area (Å²) in [7, 11) is 0. The van der Waals surface area contributed by atoms with E-state index in [1.165, 1.54) is 5.56 Å². The summed E-state index contributed by atoms with van der Waals surface area (Å²) in [5.74, 6) is -4.75. The second-order valence-electron chi connectivity index (χ2n) is 7.66. The molecule has 3 rings (SSSR count). The Hall–Kier alpha value is -3.09. The highest BCUT2D eigenvalue weighted by Crippen LogP contribution is 2.23. The number of carbonyl (C=O) groups excluding carboxylic acids is 3. The smallest absolute Gasteiger partial charge is 0.329 e. The van der Waals surface area contributed by atoms with Gasteiger partial charge in [-0.25, -0.2) is 13.6 Å². The van der Waals surface area contributed by atoms with Gasteiger partial charge < -0.3 is 10.1 Å². The van der Waals surface area contributed by atoms with Gasteiger partial charge in [-0.15, -0.1) is 0 Å². The Balaban J connectivity index is 1.64. The monoisotopic (exact) mass is 415 g/mol. The largest absolute Gasteiger partial charge is 0.456 e. The standard InChI is InChI=1S/C23H23F2NO4/c1-13(2)21(26-22(28)20-17(24)7-4-8-18(20)25)23(29)30-12-19(27)16-10-9-14-5-3-6-15(14)11-16/h4,7-11,13,21H,3,5-6,12H2,1-2H3,(H,26,28)/t21-/m0/s1. The normalized spacial score (nSPS) is 13.6. The van der Waals surface area contributed by atoms with Gasteiger partial charge >= 0.3 is 5.97 Å². The number of carbonyl (C=O) groups is 3. The molecule has 2 aromatic rings. The van der Waals surface area contributed by atoms with Gasteiger partial charge in [0.05, 0.1) is 0 Å². The quantitative estimate of drug-likeness (QED) is 0.554. The number of hydrogen-bond acceptors (Lipinski definition) is 4. The van der Waals surface area contributed by atoms with Gasteiger partial charge in [-0.1, -0.05) is 32.0 Å². The van der Waals surface area contributed by atoms with Crippen LogP contribution in [0.4, 0.5) is 8.78 Å². The van der Waals surface area contributed by atoms with Crippen molar-refractivity contribution in [3.63, 3.8) is 0 Å². The van der Waals surface area contributed by atoms with Crippen LogP contribution in [0.5, 0.6) is 0 Å². The van der Waals surface area contributed by atoms with E-state index in [-0.39, 0.29) is 5.78 Å². The Morgan fingerprint density at radius 2 is 1.70 bits per heavy atom. The fourth-order valence-corrected chi connectivity index (χ4v) is 3.48. The molecule has 0 saturated heterocycles. The first kappa shape index (κ1) is 21.6. The predicted octanol–water partition coefficient (Wildman–Crippen LogP) is 3.63. The molecule has 1 N–H and O–H groups in total. The van der Waals surface area contributed by atoms with E-state index >= 15 is 0 Å². The van der Waals surface area contributed by atoms with Crippen LogP contribution in [0, 0.1) is 17.6 Å². The fourth-order valence-electron chi connectivity index (χ4n) is 3.48. The van der Waals surface area contributed by atoms with Gasteiger partial charge in [0, 0.05) is 5.56 Å². The zero-order chi connectivity index (χ0) is 21.8. The molecule has 2 aromatic carbocycles. The average Bonchev–Trinajstić information content (AvgIpc) is 3.17. The third-order valence-corrected chi connectivity index (χ3v) is 5.16. The summed E-state index contributed by atoms with van der Waals surface area (Å²) in [6.07, 6.45) is 2.97. The minimum absolute atomic E-state index is 0.355. The summed E-state index contributed by atoms with van der Waals surface area (Å²) in [6.45, 7) is 2.81. The zero-order valence-corrected chi connectivity index (χ0v) is 16.8. The van der Waals surface area contributed by atoms with Crippen molar-refractivity contribution in [3.05, 3.63) is 70.3 Å². The van der Waals surface area contributed by atoms with Crippen molar-refractivity contribution in [2.24, 2.45) is 5.92 Å². The molecule has 0 unspecified atom stereocenters. The van der Waals surface area contributed by atoms with Crippen LogP contribution in [0.2, 0.25) is 0 Å². The molecular weight excluding hydrogens is 392 g/mol. The van der Waals surface area contributed by atoms with Gasteiger partial charge in [0.1, 0.15) is 23.2 Å². The number of ketones is 1. The fraction of sp³-hybridized carbons (Fsp3) is 0.348. The lowest BCUT2D eigenvalue weighted by atomic mass is 10.0. The predicted molar refractivity (Wildman–Crippen MR) is 106 cm³/mol. The number of amides is 1. The van der Waals surface area contributed by atoms with Gasteiger partial charge in [0.15, 0.2) is 12.4 Å². The number of benzene rings is 2. The second-order valence-corrected chi connectivity index (χ2v) is 7.66. The molecule has 0 bridgehead atoms. The molecule has 1 atom stereocenters. The molecule has 0 spiro atoms. The maximum atomic E-state index is 13.8. The van der Waals surface area contributed by atoms with Crippen molar-refractivity contribution in [1.29, 1.82) is 0 Å². The SMILES string of the molecule is CC(C)[C@H](NC(=O)c1c(F)cccc1F)C(=O)OCC(=O)c1ccc2c(c1)CCC2. The second kappa shape index (κ2) is 9.15. The molecule has 1 aliphatic rings. The van der Waals surface area contributed by atoms with Crippen molar-refractivity contribution >= 4 is 17.7 Å². The van der Waals surface area contributed by atoms with Crippen molar-refractivity contribution in [2.75, 3.05) is 6.61 Å². The maximum absolute atomic E-state index is 13.8.